The number of hydrogen-bond acceptors (Lipinski definition) is 2. The molecule has 3 heteroatoms. The monoisotopic (exact) mass is 306 g/mol. The first kappa shape index (κ1) is 13.0. The maximum atomic E-state index is 5.60. The molecule has 94 valence electrons. The summed E-state index contributed by atoms with van der Waals surface area (Å²) in [5, 5.41) is 0. The fraction of sp³-hybridized carbons (Fsp3) is 0.200. The van der Waals surface area contributed by atoms with Crippen LogP contribution in [-0.2, 0) is 0 Å². The molecule has 0 aromatic heterocycles. The summed E-state index contributed by atoms with van der Waals surface area (Å²) in [7, 11) is 0. The normalized spacial score (nSPS) is 10.1. The van der Waals surface area contributed by atoms with Crippen LogP contribution in [0.5, 0.6) is 11.5 Å². The number of rotatable bonds is 5. The molecule has 2 nitrogen and oxygen atoms in total. The van der Waals surface area contributed by atoms with E-state index in [4.69, 9.17) is 9.47 Å². The molecule has 0 amide bonds. The smallest absolute Gasteiger partial charge is 0.122 e. The van der Waals surface area contributed by atoms with Crippen molar-refractivity contribution in [1.29, 1.82) is 0 Å². The van der Waals surface area contributed by atoms with E-state index in [9.17, 15) is 0 Å². The summed E-state index contributed by atoms with van der Waals surface area (Å²) in [5.41, 5.74) is 1.19. The lowest BCUT2D eigenvalue weighted by Crippen LogP contribution is -2.08. The second kappa shape index (κ2) is 6.45. The predicted molar refractivity (Wildman–Crippen MR) is 76.3 cm³/mol. The molecule has 0 atom stereocenters. The lowest BCUT2D eigenvalue weighted by molar-refractivity contribution is 0.217. The van der Waals surface area contributed by atoms with Crippen LogP contribution in [0.1, 0.15) is 5.56 Å². The molecule has 0 aliphatic heterocycles. The van der Waals surface area contributed by atoms with Gasteiger partial charge in [0, 0.05) is 4.47 Å². The van der Waals surface area contributed by atoms with E-state index in [2.05, 4.69) is 15.9 Å². The molecule has 0 radical (unpaired) electrons. The van der Waals surface area contributed by atoms with Crippen molar-refractivity contribution >= 4 is 15.9 Å². The van der Waals surface area contributed by atoms with Crippen LogP contribution in [0.25, 0.3) is 0 Å². The van der Waals surface area contributed by atoms with E-state index in [1.165, 1.54) is 5.56 Å². The molecule has 0 saturated carbocycles. The topological polar surface area (TPSA) is 18.5 Å². The van der Waals surface area contributed by atoms with Gasteiger partial charge in [-0.25, -0.2) is 0 Å². The van der Waals surface area contributed by atoms with Crippen molar-refractivity contribution in [2.24, 2.45) is 0 Å². The molecule has 0 aliphatic rings. The Kier molecular flexibility index (Phi) is 4.65. The van der Waals surface area contributed by atoms with Crippen molar-refractivity contribution in [2.45, 2.75) is 6.92 Å². The van der Waals surface area contributed by atoms with Gasteiger partial charge in [-0.15, -0.1) is 0 Å². The van der Waals surface area contributed by atoms with Gasteiger partial charge in [0.25, 0.3) is 0 Å². The van der Waals surface area contributed by atoms with Gasteiger partial charge in [0.2, 0.25) is 0 Å². The van der Waals surface area contributed by atoms with Gasteiger partial charge in [-0.05, 0) is 42.8 Å². The van der Waals surface area contributed by atoms with E-state index in [0.29, 0.717) is 13.2 Å². The quantitative estimate of drug-likeness (QED) is 0.770. The highest BCUT2D eigenvalue weighted by atomic mass is 79.9. The van der Waals surface area contributed by atoms with Gasteiger partial charge in [-0.1, -0.05) is 34.1 Å². The SMILES string of the molecule is Cc1cccc(OCCOc2cccc(Br)c2)c1. The first-order valence-electron chi connectivity index (χ1n) is 5.82. The lowest BCUT2D eigenvalue weighted by atomic mass is 10.2. The predicted octanol–water partition coefficient (Wildman–Crippen LogP) is 4.22. The van der Waals surface area contributed by atoms with E-state index in [1.54, 1.807) is 0 Å². The number of benzene rings is 2. The summed E-state index contributed by atoms with van der Waals surface area (Å²) >= 11 is 3.40. The second-order valence-electron chi connectivity index (χ2n) is 3.97. The lowest BCUT2D eigenvalue weighted by Gasteiger charge is -2.09. The highest BCUT2D eigenvalue weighted by Gasteiger charge is 1.96. The summed E-state index contributed by atoms with van der Waals surface area (Å²) < 4.78 is 12.2. The van der Waals surface area contributed by atoms with Crippen molar-refractivity contribution in [3.05, 3.63) is 58.6 Å². The third-order valence-corrected chi connectivity index (χ3v) is 2.90. The fourth-order valence-electron chi connectivity index (χ4n) is 1.58. The summed E-state index contributed by atoms with van der Waals surface area (Å²) in [4.78, 5) is 0. The Labute approximate surface area is 116 Å². The van der Waals surface area contributed by atoms with Crippen LogP contribution in [0.4, 0.5) is 0 Å². The zero-order chi connectivity index (χ0) is 12.8. The molecule has 2 rings (SSSR count). The van der Waals surface area contributed by atoms with Crippen molar-refractivity contribution in [3.63, 3.8) is 0 Å². The molecule has 0 saturated heterocycles. The highest BCUT2D eigenvalue weighted by Crippen LogP contribution is 2.17. The molecule has 0 heterocycles. The Bertz CT molecular complexity index is 464. The summed E-state index contributed by atoms with van der Waals surface area (Å²) in [6.45, 7) is 3.12. The van der Waals surface area contributed by atoms with Gasteiger partial charge in [0.05, 0.1) is 0 Å². The van der Waals surface area contributed by atoms with Gasteiger partial charge < -0.3 is 9.47 Å². The molecular weight excluding hydrogens is 292 g/mol. The van der Waals surface area contributed by atoms with Crippen molar-refractivity contribution < 1.29 is 9.47 Å². The van der Waals surface area contributed by atoms with Gasteiger partial charge in [-0.3, -0.25) is 0 Å². The van der Waals surface area contributed by atoms with Crippen molar-refractivity contribution in [2.75, 3.05) is 13.2 Å². The third kappa shape index (κ3) is 4.08. The second-order valence-corrected chi connectivity index (χ2v) is 4.89. The standard InChI is InChI=1S/C15H15BrO2/c1-12-4-2-6-14(10-12)17-8-9-18-15-7-3-5-13(16)11-15/h2-7,10-11H,8-9H2,1H3. The van der Waals surface area contributed by atoms with E-state index < -0.39 is 0 Å². The van der Waals surface area contributed by atoms with E-state index in [0.717, 1.165) is 16.0 Å². The Morgan fingerprint density at radius 1 is 0.889 bits per heavy atom. The maximum Gasteiger partial charge on any atom is 0.122 e. The van der Waals surface area contributed by atoms with Gasteiger partial charge in [-0.2, -0.15) is 0 Å². The third-order valence-electron chi connectivity index (χ3n) is 2.41. The molecular formula is C15H15BrO2. The van der Waals surface area contributed by atoms with E-state index >= 15 is 0 Å². The van der Waals surface area contributed by atoms with Crippen LogP contribution in [-0.4, -0.2) is 13.2 Å². The average molecular weight is 307 g/mol. The van der Waals surface area contributed by atoms with Crippen LogP contribution in [0.2, 0.25) is 0 Å². The van der Waals surface area contributed by atoms with Crippen LogP contribution in [0.15, 0.2) is 53.0 Å². The van der Waals surface area contributed by atoms with Crippen LogP contribution in [0, 0.1) is 6.92 Å². The molecule has 0 unspecified atom stereocenters. The first-order valence-corrected chi connectivity index (χ1v) is 6.61. The number of hydrogen-bond donors (Lipinski definition) is 0. The van der Waals surface area contributed by atoms with Gasteiger partial charge in [0.15, 0.2) is 0 Å². The van der Waals surface area contributed by atoms with Crippen LogP contribution < -0.4 is 9.47 Å². The first-order chi connectivity index (χ1) is 8.74. The molecule has 0 N–H and O–H groups in total. The minimum atomic E-state index is 0.532. The number of aryl methyl sites for hydroxylation is 1. The van der Waals surface area contributed by atoms with Crippen LogP contribution >= 0.6 is 15.9 Å². The Hall–Kier alpha value is -1.48. The van der Waals surface area contributed by atoms with E-state index in [1.807, 2.05) is 55.5 Å². The fourth-order valence-corrected chi connectivity index (χ4v) is 1.96. The Balaban J connectivity index is 1.76. The summed E-state index contributed by atoms with van der Waals surface area (Å²) in [5.74, 6) is 1.73. The number of ether oxygens (including phenoxy) is 2. The molecule has 0 bridgehead atoms. The molecule has 2 aromatic carbocycles. The van der Waals surface area contributed by atoms with E-state index in [-0.39, 0.29) is 0 Å². The minimum absolute atomic E-state index is 0.532. The molecule has 0 spiro atoms. The molecule has 18 heavy (non-hydrogen) atoms. The molecule has 0 aliphatic carbocycles. The Morgan fingerprint density at radius 2 is 1.50 bits per heavy atom. The molecule has 0 fully saturated rings. The average Bonchev–Trinajstić information content (AvgIpc) is 2.35. The summed E-state index contributed by atoms with van der Waals surface area (Å²) in [6, 6.07) is 15.8. The highest BCUT2D eigenvalue weighted by molar-refractivity contribution is 9.10. The van der Waals surface area contributed by atoms with Crippen LogP contribution in [0.3, 0.4) is 0 Å². The number of halogens is 1. The largest absolute Gasteiger partial charge is 0.490 e. The summed E-state index contributed by atoms with van der Waals surface area (Å²) in [6.07, 6.45) is 0. The maximum absolute atomic E-state index is 5.60. The van der Waals surface area contributed by atoms with Gasteiger partial charge >= 0.3 is 0 Å². The Morgan fingerprint density at radius 3 is 2.11 bits per heavy atom. The van der Waals surface area contributed by atoms with Crippen molar-refractivity contribution in [1.82, 2.24) is 0 Å². The van der Waals surface area contributed by atoms with Crippen molar-refractivity contribution in [3.8, 4) is 11.5 Å². The zero-order valence-electron chi connectivity index (χ0n) is 10.2. The minimum Gasteiger partial charge on any atom is -0.490 e. The zero-order valence-corrected chi connectivity index (χ0v) is 11.8. The van der Waals surface area contributed by atoms with Gasteiger partial charge in [0.1, 0.15) is 24.7 Å². The molecule has 2 aromatic rings.